The third kappa shape index (κ3) is 3.36. The number of ether oxygens (including phenoxy) is 1. The van der Waals surface area contributed by atoms with E-state index in [1.165, 1.54) is 12.1 Å². The lowest BCUT2D eigenvalue weighted by Gasteiger charge is -2.38. The molecule has 0 aromatic heterocycles. The zero-order valence-corrected chi connectivity index (χ0v) is 16.1. The predicted molar refractivity (Wildman–Crippen MR) is 111 cm³/mol. The van der Waals surface area contributed by atoms with Gasteiger partial charge in [0.15, 0.2) is 0 Å². The van der Waals surface area contributed by atoms with Crippen LogP contribution in [0.5, 0.6) is 5.75 Å². The van der Waals surface area contributed by atoms with Gasteiger partial charge in [-0.05, 0) is 42.5 Å². The molecule has 0 radical (unpaired) electrons. The van der Waals surface area contributed by atoms with Crippen LogP contribution in [-0.4, -0.2) is 17.9 Å². The maximum atomic E-state index is 13.3. The van der Waals surface area contributed by atoms with Gasteiger partial charge in [0, 0.05) is 23.0 Å². The number of para-hydroxylation sites is 1. The van der Waals surface area contributed by atoms with Crippen molar-refractivity contribution in [1.29, 1.82) is 0 Å². The van der Waals surface area contributed by atoms with E-state index >= 15 is 0 Å². The molecule has 1 heterocycles. The first kappa shape index (κ1) is 18.8. The molecule has 0 saturated heterocycles. The summed E-state index contributed by atoms with van der Waals surface area (Å²) in [6.45, 7) is 0. The highest BCUT2D eigenvalue weighted by atomic mass is 35.5. The number of fused-ring (bicyclic) bond motifs is 1. The fraction of sp³-hybridized carbons (Fsp3) is 0.0952. The summed E-state index contributed by atoms with van der Waals surface area (Å²) >= 11 is 5.97. The molecule has 4 rings (SSSR count). The Morgan fingerprint density at radius 3 is 2.52 bits per heavy atom. The third-order valence-electron chi connectivity index (χ3n) is 4.76. The SMILES string of the molecule is COc1ccc(N2C(=O)c3ccccc3NC2c2ccc(Cl)c([N+](=O)[O-])c2)cc1. The van der Waals surface area contributed by atoms with Crippen LogP contribution in [0.25, 0.3) is 0 Å². The van der Waals surface area contributed by atoms with Gasteiger partial charge >= 0.3 is 0 Å². The molecule has 0 aliphatic carbocycles. The van der Waals surface area contributed by atoms with Crippen molar-refractivity contribution in [2.45, 2.75) is 6.17 Å². The van der Waals surface area contributed by atoms with Gasteiger partial charge in [0.25, 0.3) is 11.6 Å². The van der Waals surface area contributed by atoms with Gasteiger partial charge in [0.1, 0.15) is 16.9 Å². The molecule has 1 amide bonds. The summed E-state index contributed by atoms with van der Waals surface area (Å²) in [5, 5.41) is 14.7. The van der Waals surface area contributed by atoms with Crippen molar-refractivity contribution in [3.8, 4) is 5.75 Å². The first-order valence-corrected chi connectivity index (χ1v) is 9.14. The highest BCUT2D eigenvalue weighted by molar-refractivity contribution is 6.32. The number of anilines is 2. The van der Waals surface area contributed by atoms with Crippen molar-refractivity contribution in [2.24, 2.45) is 0 Å². The van der Waals surface area contributed by atoms with Crippen LogP contribution in [0.15, 0.2) is 66.7 Å². The topological polar surface area (TPSA) is 84.7 Å². The lowest BCUT2D eigenvalue weighted by Crippen LogP contribution is -2.43. The van der Waals surface area contributed by atoms with Gasteiger partial charge in [0.2, 0.25) is 0 Å². The summed E-state index contributed by atoms with van der Waals surface area (Å²) in [5.74, 6) is 0.442. The number of nitrogens with zero attached hydrogens (tertiary/aromatic N) is 2. The van der Waals surface area contributed by atoms with Gasteiger partial charge in [-0.3, -0.25) is 19.8 Å². The molecule has 1 aliphatic rings. The Morgan fingerprint density at radius 2 is 1.83 bits per heavy atom. The van der Waals surface area contributed by atoms with Crippen molar-refractivity contribution < 1.29 is 14.5 Å². The number of rotatable bonds is 4. The molecule has 0 bridgehead atoms. The highest BCUT2D eigenvalue weighted by Gasteiger charge is 2.35. The molecule has 3 aromatic rings. The molecule has 146 valence electrons. The van der Waals surface area contributed by atoms with Crippen LogP contribution in [0.4, 0.5) is 17.1 Å². The van der Waals surface area contributed by atoms with Crippen molar-refractivity contribution in [3.63, 3.8) is 0 Å². The van der Waals surface area contributed by atoms with Gasteiger partial charge in [-0.2, -0.15) is 0 Å². The van der Waals surface area contributed by atoms with Gasteiger partial charge in [-0.15, -0.1) is 0 Å². The Morgan fingerprint density at radius 1 is 1.10 bits per heavy atom. The van der Waals surface area contributed by atoms with E-state index in [9.17, 15) is 14.9 Å². The molecule has 3 aromatic carbocycles. The van der Waals surface area contributed by atoms with E-state index in [4.69, 9.17) is 16.3 Å². The first-order chi connectivity index (χ1) is 14.0. The number of nitro benzene ring substituents is 1. The number of nitrogens with one attached hydrogen (secondary N) is 1. The van der Waals surface area contributed by atoms with Crippen molar-refractivity contribution in [1.82, 2.24) is 0 Å². The average Bonchev–Trinajstić information content (AvgIpc) is 2.74. The van der Waals surface area contributed by atoms with E-state index in [1.54, 1.807) is 60.5 Å². The second-order valence-electron chi connectivity index (χ2n) is 6.43. The summed E-state index contributed by atoms with van der Waals surface area (Å²) < 4.78 is 5.20. The largest absolute Gasteiger partial charge is 0.497 e. The molecule has 7 nitrogen and oxygen atoms in total. The summed E-state index contributed by atoms with van der Waals surface area (Å²) in [7, 11) is 1.56. The van der Waals surface area contributed by atoms with Crippen LogP contribution in [0.2, 0.25) is 5.02 Å². The summed E-state index contributed by atoms with van der Waals surface area (Å²) in [6.07, 6.45) is -0.651. The number of nitro groups is 1. The molecule has 29 heavy (non-hydrogen) atoms. The second-order valence-corrected chi connectivity index (χ2v) is 6.84. The van der Waals surface area contributed by atoms with E-state index in [2.05, 4.69) is 5.32 Å². The van der Waals surface area contributed by atoms with Crippen LogP contribution in [0, 0.1) is 10.1 Å². The van der Waals surface area contributed by atoms with Gasteiger partial charge < -0.3 is 10.1 Å². The van der Waals surface area contributed by atoms with Crippen LogP contribution >= 0.6 is 11.6 Å². The molecular formula is C21H16ClN3O4. The normalized spacial score (nSPS) is 15.4. The zero-order valence-electron chi connectivity index (χ0n) is 15.3. The Bertz CT molecular complexity index is 1100. The van der Waals surface area contributed by atoms with Crippen LogP contribution in [0.3, 0.4) is 0 Å². The van der Waals surface area contributed by atoms with Gasteiger partial charge in [0.05, 0.1) is 17.6 Å². The molecule has 1 atom stereocenters. The fourth-order valence-corrected chi connectivity index (χ4v) is 3.52. The predicted octanol–water partition coefficient (Wildman–Crippen LogP) is 5.03. The maximum absolute atomic E-state index is 13.3. The minimum absolute atomic E-state index is 0.0392. The number of halogens is 1. The fourth-order valence-electron chi connectivity index (χ4n) is 3.34. The number of benzene rings is 3. The molecule has 1 N–H and O–H groups in total. The Labute approximate surface area is 171 Å². The summed E-state index contributed by atoms with van der Waals surface area (Å²) in [6, 6.07) is 18.7. The summed E-state index contributed by atoms with van der Waals surface area (Å²) in [5.41, 5.74) is 2.13. The number of hydrogen-bond acceptors (Lipinski definition) is 5. The average molecular weight is 410 g/mol. The minimum atomic E-state index is -0.651. The molecule has 0 fully saturated rings. The number of methoxy groups -OCH3 is 1. The van der Waals surface area contributed by atoms with E-state index in [-0.39, 0.29) is 16.6 Å². The van der Waals surface area contributed by atoms with E-state index < -0.39 is 11.1 Å². The maximum Gasteiger partial charge on any atom is 0.288 e. The first-order valence-electron chi connectivity index (χ1n) is 8.76. The number of carbonyl (C=O) groups is 1. The van der Waals surface area contributed by atoms with E-state index in [1.807, 2.05) is 6.07 Å². The van der Waals surface area contributed by atoms with E-state index in [0.717, 1.165) is 0 Å². The van der Waals surface area contributed by atoms with Crippen LogP contribution in [-0.2, 0) is 0 Å². The highest BCUT2D eigenvalue weighted by Crippen LogP contribution is 2.38. The standard InChI is InChI=1S/C21H16ClN3O4/c1-29-15-9-7-14(8-10-15)24-20(13-6-11-17(22)19(12-13)25(27)28)23-18-5-3-2-4-16(18)21(24)26/h2-12,20,23H,1H3. The Balaban J connectivity index is 1.86. The monoisotopic (exact) mass is 409 g/mol. The summed E-state index contributed by atoms with van der Waals surface area (Å²) in [4.78, 5) is 25.7. The van der Waals surface area contributed by atoms with Gasteiger partial charge in [-0.1, -0.05) is 29.8 Å². The molecule has 0 saturated carbocycles. The number of carbonyl (C=O) groups excluding carboxylic acids is 1. The van der Waals surface area contributed by atoms with E-state index in [0.29, 0.717) is 28.3 Å². The second kappa shape index (κ2) is 7.44. The zero-order chi connectivity index (χ0) is 20.5. The quantitative estimate of drug-likeness (QED) is 0.482. The molecule has 1 unspecified atom stereocenters. The lowest BCUT2D eigenvalue weighted by atomic mass is 10.0. The lowest BCUT2D eigenvalue weighted by molar-refractivity contribution is -0.384. The molecular weight excluding hydrogens is 394 g/mol. The molecule has 0 spiro atoms. The molecule has 8 heteroatoms. The third-order valence-corrected chi connectivity index (χ3v) is 5.08. The van der Waals surface area contributed by atoms with Crippen molar-refractivity contribution in [2.75, 3.05) is 17.3 Å². The van der Waals surface area contributed by atoms with Crippen molar-refractivity contribution >= 4 is 34.6 Å². The smallest absolute Gasteiger partial charge is 0.288 e. The minimum Gasteiger partial charge on any atom is -0.497 e. The number of amides is 1. The Kier molecular flexibility index (Phi) is 4.82. The Hall–Kier alpha value is -3.58. The van der Waals surface area contributed by atoms with Crippen LogP contribution in [0.1, 0.15) is 22.1 Å². The van der Waals surface area contributed by atoms with Crippen molar-refractivity contribution in [3.05, 3.63) is 93.0 Å². The number of hydrogen-bond donors (Lipinski definition) is 1. The van der Waals surface area contributed by atoms with Crippen LogP contribution < -0.4 is 15.0 Å². The molecule has 1 aliphatic heterocycles. The van der Waals surface area contributed by atoms with Gasteiger partial charge in [-0.25, -0.2) is 0 Å².